The molecule has 0 bridgehead atoms. The number of nitrogens with zero attached hydrogens (tertiary/aromatic N) is 1. The summed E-state index contributed by atoms with van der Waals surface area (Å²) in [6.45, 7) is 7.63. The number of unbranched alkanes of at least 4 members (excludes halogenated alkanes) is 1. The zero-order valence-corrected chi connectivity index (χ0v) is 34.7. The van der Waals surface area contributed by atoms with E-state index in [0.29, 0.717) is 23.4 Å². The zero-order chi connectivity index (χ0) is 42.2. The van der Waals surface area contributed by atoms with Gasteiger partial charge in [-0.15, -0.1) is 0 Å². The third-order valence-corrected chi connectivity index (χ3v) is 10.4. The minimum Gasteiger partial charge on any atom is -0.445 e. The van der Waals surface area contributed by atoms with Gasteiger partial charge in [0.2, 0.25) is 29.5 Å². The first-order valence-corrected chi connectivity index (χ1v) is 20.3. The van der Waals surface area contributed by atoms with Gasteiger partial charge in [0.25, 0.3) is 0 Å². The topological polar surface area (TPSA) is 175 Å². The molecule has 1 heterocycles. The predicted octanol–water partition coefficient (Wildman–Crippen LogP) is 4.70. The summed E-state index contributed by atoms with van der Waals surface area (Å²) in [7, 11) is 1.52. The molecule has 6 amide bonds. The molecule has 5 N–H and O–H groups in total. The quantitative estimate of drug-likeness (QED) is 0.147. The van der Waals surface area contributed by atoms with Crippen molar-refractivity contribution in [3.05, 3.63) is 107 Å². The highest BCUT2D eigenvalue weighted by Gasteiger charge is 2.38. The molecule has 5 atom stereocenters. The second-order valence-electron chi connectivity index (χ2n) is 15.5. The summed E-state index contributed by atoms with van der Waals surface area (Å²) < 4.78 is 5.29. The van der Waals surface area contributed by atoms with Gasteiger partial charge in [-0.2, -0.15) is 0 Å². The van der Waals surface area contributed by atoms with Crippen molar-refractivity contribution in [2.45, 2.75) is 103 Å². The Kier molecular flexibility index (Phi) is 17.6. The molecule has 3 aromatic rings. The fourth-order valence-corrected chi connectivity index (χ4v) is 6.92. The number of hydrogen-bond donors (Lipinski definition) is 5. The number of likely N-dealkylation sites (N-methyl/N-ethyl adjacent to an activating group) is 1. The molecule has 3 aromatic carbocycles. The maximum Gasteiger partial charge on any atom is 0.407 e. The highest BCUT2D eigenvalue weighted by Crippen LogP contribution is 2.17. The Labute approximate surface area is 346 Å². The van der Waals surface area contributed by atoms with E-state index < -0.39 is 65.8 Å². The van der Waals surface area contributed by atoms with Crippen LogP contribution in [-0.2, 0) is 48.2 Å². The Bertz CT molecular complexity index is 1840. The molecule has 14 heteroatoms. The Morgan fingerprint density at radius 3 is 1.90 bits per heavy atom. The lowest BCUT2D eigenvalue weighted by Gasteiger charge is -2.32. The van der Waals surface area contributed by atoms with E-state index in [-0.39, 0.29) is 50.7 Å². The van der Waals surface area contributed by atoms with Gasteiger partial charge < -0.3 is 36.2 Å². The Hall–Kier alpha value is -5.43. The summed E-state index contributed by atoms with van der Waals surface area (Å²) in [5.41, 5.74) is 2.24. The number of ether oxygens (including phenoxy) is 1. The molecule has 58 heavy (non-hydrogen) atoms. The molecular formula is C44H57ClN6O7. The molecule has 1 aliphatic rings. The van der Waals surface area contributed by atoms with Crippen molar-refractivity contribution in [2.75, 3.05) is 13.6 Å². The molecule has 13 nitrogen and oxygen atoms in total. The summed E-state index contributed by atoms with van der Waals surface area (Å²) >= 11 is 6.16. The average molecular weight is 817 g/mol. The Morgan fingerprint density at radius 2 is 1.28 bits per heavy atom. The first-order valence-electron chi connectivity index (χ1n) is 19.9. The highest BCUT2D eigenvalue weighted by atomic mass is 35.5. The second kappa shape index (κ2) is 22.5. The van der Waals surface area contributed by atoms with Crippen LogP contribution >= 0.6 is 11.6 Å². The van der Waals surface area contributed by atoms with E-state index in [0.717, 1.165) is 11.1 Å². The molecule has 4 rings (SSSR count). The lowest BCUT2D eigenvalue weighted by Crippen LogP contribution is -2.59. The van der Waals surface area contributed by atoms with Gasteiger partial charge in [-0.1, -0.05) is 118 Å². The van der Waals surface area contributed by atoms with Crippen molar-refractivity contribution in [3.63, 3.8) is 0 Å². The number of rotatable bonds is 14. The van der Waals surface area contributed by atoms with Crippen LogP contribution in [0.5, 0.6) is 0 Å². The van der Waals surface area contributed by atoms with E-state index in [1.807, 2.05) is 74.5 Å². The molecular weight excluding hydrogens is 760 g/mol. The summed E-state index contributed by atoms with van der Waals surface area (Å²) in [6, 6.07) is 20.2. The minimum atomic E-state index is -1.10. The number of alkyl carbamates (subject to hydrolysis) is 1. The van der Waals surface area contributed by atoms with Gasteiger partial charge in [-0.3, -0.25) is 24.0 Å². The summed E-state index contributed by atoms with van der Waals surface area (Å²) in [6.07, 6.45) is 0.899. The van der Waals surface area contributed by atoms with Gasteiger partial charge in [-0.05, 0) is 54.7 Å². The van der Waals surface area contributed by atoms with Gasteiger partial charge in [0.05, 0.1) is 0 Å². The molecule has 0 radical (unpaired) electrons. The van der Waals surface area contributed by atoms with Crippen molar-refractivity contribution in [3.8, 4) is 0 Å². The maximum absolute atomic E-state index is 14.5. The lowest BCUT2D eigenvalue weighted by atomic mass is 9.98. The lowest BCUT2D eigenvalue weighted by molar-refractivity contribution is -0.142. The third kappa shape index (κ3) is 13.9. The number of amides is 6. The van der Waals surface area contributed by atoms with Crippen LogP contribution in [0.2, 0.25) is 5.02 Å². The largest absolute Gasteiger partial charge is 0.445 e. The van der Waals surface area contributed by atoms with Crippen LogP contribution in [0, 0.1) is 11.8 Å². The first kappa shape index (κ1) is 45.3. The van der Waals surface area contributed by atoms with E-state index in [1.165, 1.54) is 11.9 Å². The average Bonchev–Trinajstić information content (AvgIpc) is 3.20. The van der Waals surface area contributed by atoms with Crippen LogP contribution < -0.4 is 26.6 Å². The molecule has 0 aliphatic carbocycles. The van der Waals surface area contributed by atoms with Gasteiger partial charge in [0.1, 0.15) is 36.8 Å². The number of benzene rings is 3. The fourth-order valence-electron chi connectivity index (χ4n) is 6.73. The minimum absolute atomic E-state index is 0.000910. The van der Waals surface area contributed by atoms with Gasteiger partial charge in [0, 0.05) is 37.0 Å². The van der Waals surface area contributed by atoms with Crippen LogP contribution in [-0.4, -0.2) is 84.3 Å². The normalized spacial score (nSPS) is 21.0. The number of carbonyl (C=O) groups excluding carboxylic acids is 6. The highest BCUT2D eigenvalue weighted by molar-refractivity contribution is 6.31. The monoisotopic (exact) mass is 816 g/mol. The van der Waals surface area contributed by atoms with Gasteiger partial charge in [-0.25, -0.2) is 4.79 Å². The second-order valence-corrected chi connectivity index (χ2v) is 15.9. The standard InChI is InChI=1S/C44H57ClN6O7/c1-28(2)24-35-40(53)49-36(25-30-16-8-6-9-17-30)43(56)51(5)37(26-31-18-10-7-11-19-31)41(54)47-34(39(52)50-38(29(3)4)42(55)48-35)22-14-15-23-46-44(57)58-27-32-20-12-13-21-33(32)45/h6-13,16-21,28-29,34-38H,14-15,22-27H2,1-5H3,(H,46,57)(H,47,54)(H,48,55)(H,49,53)(H,50,52)/t34-,35+,36+,37-,38+/m1/s1. The molecule has 1 saturated heterocycles. The number of carbonyl (C=O) groups is 6. The first-order chi connectivity index (χ1) is 27.7. The van der Waals surface area contributed by atoms with E-state index >= 15 is 0 Å². The van der Waals surface area contributed by atoms with E-state index in [2.05, 4.69) is 26.6 Å². The fraction of sp³-hybridized carbons (Fsp3) is 0.455. The number of nitrogens with one attached hydrogen (secondary N) is 5. The molecule has 0 saturated carbocycles. The predicted molar refractivity (Wildman–Crippen MR) is 222 cm³/mol. The van der Waals surface area contributed by atoms with Crippen LogP contribution in [0.4, 0.5) is 4.79 Å². The third-order valence-electron chi connectivity index (χ3n) is 10.0. The van der Waals surface area contributed by atoms with Crippen molar-refractivity contribution in [1.82, 2.24) is 31.5 Å². The molecule has 0 aromatic heterocycles. The van der Waals surface area contributed by atoms with E-state index in [9.17, 15) is 28.8 Å². The van der Waals surface area contributed by atoms with Crippen molar-refractivity contribution >= 4 is 47.2 Å². The molecule has 0 spiro atoms. The smallest absolute Gasteiger partial charge is 0.407 e. The SMILES string of the molecule is CC(C)C[C@@H]1NC(=O)[C@H](C(C)C)NC(=O)[C@@H](CCCCNC(=O)OCc2ccccc2Cl)NC(=O)[C@@H](Cc2ccccc2)N(C)C(=O)[C@H](Cc2ccccc2)NC1=O. The summed E-state index contributed by atoms with van der Waals surface area (Å²) in [5.74, 6) is -3.18. The van der Waals surface area contributed by atoms with Gasteiger partial charge in [0.15, 0.2) is 0 Å². The van der Waals surface area contributed by atoms with Crippen LogP contribution in [0.3, 0.4) is 0 Å². The number of halogens is 1. The molecule has 1 fully saturated rings. The molecule has 312 valence electrons. The summed E-state index contributed by atoms with van der Waals surface area (Å²) in [5, 5.41) is 14.7. The van der Waals surface area contributed by atoms with Crippen molar-refractivity contribution in [2.24, 2.45) is 11.8 Å². The van der Waals surface area contributed by atoms with Crippen molar-refractivity contribution < 1.29 is 33.5 Å². The zero-order valence-electron chi connectivity index (χ0n) is 34.0. The maximum atomic E-state index is 14.5. The molecule has 0 unspecified atom stereocenters. The Balaban J connectivity index is 1.62. The van der Waals surface area contributed by atoms with Crippen LogP contribution in [0.1, 0.15) is 70.1 Å². The van der Waals surface area contributed by atoms with E-state index in [4.69, 9.17) is 16.3 Å². The summed E-state index contributed by atoms with van der Waals surface area (Å²) in [4.78, 5) is 84.7. The molecule has 1 aliphatic heterocycles. The van der Waals surface area contributed by atoms with Crippen molar-refractivity contribution in [1.29, 1.82) is 0 Å². The Morgan fingerprint density at radius 1 is 0.707 bits per heavy atom. The number of hydrogen-bond acceptors (Lipinski definition) is 7. The van der Waals surface area contributed by atoms with Crippen LogP contribution in [0.15, 0.2) is 84.9 Å². The van der Waals surface area contributed by atoms with Gasteiger partial charge >= 0.3 is 6.09 Å². The van der Waals surface area contributed by atoms with E-state index in [1.54, 1.807) is 38.1 Å². The van der Waals surface area contributed by atoms with Crippen LogP contribution in [0.25, 0.3) is 0 Å².